The third kappa shape index (κ3) is 4.19. The van der Waals surface area contributed by atoms with Crippen molar-refractivity contribution in [1.82, 2.24) is 0 Å². The lowest BCUT2D eigenvalue weighted by molar-refractivity contribution is -0.117. The van der Waals surface area contributed by atoms with Gasteiger partial charge in [-0.2, -0.15) is 0 Å². The van der Waals surface area contributed by atoms with Gasteiger partial charge in [-0.3, -0.25) is 9.59 Å². The molecular weight excluding hydrogens is 348 g/mol. The quantitative estimate of drug-likeness (QED) is 0.785. The van der Waals surface area contributed by atoms with Crippen molar-refractivity contribution in [2.75, 3.05) is 29.6 Å². The van der Waals surface area contributed by atoms with Crippen molar-refractivity contribution in [3.05, 3.63) is 48.0 Å². The summed E-state index contributed by atoms with van der Waals surface area (Å²) in [6, 6.07) is 13.4. The zero-order valence-corrected chi connectivity index (χ0v) is 15.8. The van der Waals surface area contributed by atoms with Gasteiger partial charge < -0.3 is 15.0 Å². The van der Waals surface area contributed by atoms with Crippen LogP contribution in [0.3, 0.4) is 0 Å². The summed E-state index contributed by atoms with van der Waals surface area (Å²) in [5.74, 6) is 0.948. The Kier molecular flexibility index (Phi) is 5.83. The Bertz CT molecular complexity index is 822. The van der Waals surface area contributed by atoms with E-state index in [-0.39, 0.29) is 11.8 Å². The van der Waals surface area contributed by atoms with Crippen molar-refractivity contribution in [2.24, 2.45) is 0 Å². The lowest BCUT2D eigenvalue weighted by Gasteiger charge is -2.19. The van der Waals surface area contributed by atoms with Gasteiger partial charge in [0.05, 0.1) is 18.6 Å². The molecule has 0 aliphatic carbocycles. The van der Waals surface area contributed by atoms with Crippen LogP contribution in [-0.2, 0) is 9.59 Å². The second kappa shape index (κ2) is 8.27. The maximum atomic E-state index is 12.3. The van der Waals surface area contributed by atoms with Crippen LogP contribution in [0.4, 0.5) is 11.4 Å². The molecule has 0 spiro atoms. The zero-order chi connectivity index (χ0) is 18.5. The van der Waals surface area contributed by atoms with Gasteiger partial charge in [0.2, 0.25) is 11.8 Å². The van der Waals surface area contributed by atoms with Crippen molar-refractivity contribution in [2.45, 2.75) is 24.7 Å². The zero-order valence-electron chi connectivity index (χ0n) is 15.0. The molecule has 0 radical (unpaired) electrons. The first-order valence-corrected chi connectivity index (χ1v) is 9.53. The number of thioether (sulfide) groups is 1. The fraction of sp³-hybridized carbons (Fsp3) is 0.300. The maximum Gasteiger partial charge on any atom is 0.234 e. The van der Waals surface area contributed by atoms with Crippen LogP contribution in [0, 0.1) is 6.92 Å². The van der Waals surface area contributed by atoms with E-state index in [0.717, 1.165) is 22.6 Å². The van der Waals surface area contributed by atoms with E-state index in [1.54, 1.807) is 24.1 Å². The molecular formula is C20H22N2O3S. The largest absolute Gasteiger partial charge is 0.494 e. The van der Waals surface area contributed by atoms with E-state index in [9.17, 15) is 9.59 Å². The van der Waals surface area contributed by atoms with Crippen LogP contribution in [0.15, 0.2) is 47.4 Å². The molecule has 0 bridgehead atoms. The van der Waals surface area contributed by atoms with Crippen LogP contribution in [0.2, 0.25) is 0 Å². The third-order valence-corrected chi connectivity index (χ3v) is 5.46. The van der Waals surface area contributed by atoms with E-state index in [1.807, 2.05) is 37.3 Å². The van der Waals surface area contributed by atoms with Gasteiger partial charge in [0.1, 0.15) is 5.75 Å². The first kappa shape index (κ1) is 18.3. The highest BCUT2D eigenvalue weighted by Crippen LogP contribution is 2.34. The van der Waals surface area contributed by atoms with E-state index in [0.29, 0.717) is 30.2 Å². The number of hydrogen-bond acceptors (Lipinski definition) is 4. The number of ether oxygens (including phenoxy) is 1. The predicted octanol–water partition coefficient (Wildman–Crippen LogP) is 3.86. The molecule has 26 heavy (non-hydrogen) atoms. The molecule has 5 nitrogen and oxygen atoms in total. The minimum absolute atomic E-state index is 0.0784. The number of methoxy groups -OCH3 is 1. The van der Waals surface area contributed by atoms with E-state index in [4.69, 9.17) is 4.74 Å². The third-order valence-electron chi connectivity index (χ3n) is 4.28. The van der Waals surface area contributed by atoms with Gasteiger partial charge in [-0.15, -0.1) is 11.8 Å². The average molecular weight is 370 g/mol. The SMILES string of the molecule is COc1cc(NC(=O)CSc2ccccc2C)ccc1N1CCCC1=O. The summed E-state index contributed by atoms with van der Waals surface area (Å²) in [4.78, 5) is 27.0. The average Bonchev–Trinajstić information content (AvgIpc) is 3.06. The monoisotopic (exact) mass is 370 g/mol. The van der Waals surface area contributed by atoms with E-state index in [1.165, 1.54) is 11.8 Å². The number of hydrogen-bond donors (Lipinski definition) is 1. The maximum absolute atomic E-state index is 12.3. The van der Waals surface area contributed by atoms with Crippen LogP contribution in [0.1, 0.15) is 18.4 Å². The van der Waals surface area contributed by atoms with Crippen LogP contribution < -0.4 is 15.0 Å². The molecule has 0 unspecified atom stereocenters. The first-order valence-electron chi connectivity index (χ1n) is 8.55. The molecule has 0 saturated carbocycles. The molecule has 6 heteroatoms. The fourth-order valence-electron chi connectivity index (χ4n) is 2.94. The smallest absolute Gasteiger partial charge is 0.234 e. The molecule has 1 N–H and O–H groups in total. The van der Waals surface area contributed by atoms with E-state index < -0.39 is 0 Å². The molecule has 0 atom stereocenters. The van der Waals surface area contributed by atoms with Crippen molar-refractivity contribution in [1.29, 1.82) is 0 Å². The molecule has 2 amide bonds. The lowest BCUT2D eigenvalue weighted by atomic mass is 10.2. The summed E-state index contributed by atoms with van der Waals surface area (Å²) >= 11 is 1.51. The summed E-state index contributed by atoms with van der Waals surface area (Å²) in [6.07, 6.45) is 1.42. The summed E-state index contributed by atoms with van der Waals surface area (Å²) < 4.78 is 5.42. The van der Waals surface area contributed by atoms with Crippen molar-refractivity contribution >= 4 is 35.0 Å². The van der Waals surface area contributed by atoms with Crippen LogP contribution >= 0.6 is 11.8 Å². The Hall–Kier alpha value is -2.47. The number of amides is 2. The molecule has 1 aliphatic rings. The lowest BCUT2D eigenvalue weighted by Crippen LogP contribution is -2.24. The van der Waals surface area contributed by atoms with Crippen molar-refractivity contribution in [3.8, 4) is 5.75 Å². The van der Waals surface area contributed by atoms with Crippen LogP contribution in [0.5, 0.6) is 5.75 Å². The minimum Gasteiger partial charge on any atom is -0.494 e. The predicted molar refractivity (Wildman–Crippen MR) is 105 cm³/mol. The fourth-order valence-corrected chi connectivity index (χ4v) is 3.77. The number of carbonyl (C=O) groups excluding carboxylic acids is 2. The Morgan fingerprint density at radius 1 is 1.27 bits per heavy atom. The number of nitrogens with one attached hydrogen (secondary N) is 1. The number of aryl methyl sites for hydroxylation is 1. The first-order chi connectivity index (χ1) is 12.6. The van der Waals surface area contributed by atoms with Gasteiger partial charge in [0, 0.05) is 29.6 Å². The summed E-state index contributed by atoms with van der Waals surface area (Å²) in [5.41, 5.74) is 2.57. The molecule has 1 fully saturated rings. The molecule has 136 valence electrons. The standard InChI is InChI=1S/C20H22N2O3S/c1-14-6-3-4-7-18(14)26-13-19(23)21-15-9-10-16(17(12-15)25-2)22-11-5-8-20(22)24/h3-4,6-7,9-10,12H,5,8,11,13H2,1-2H3,(H,21,23). The highest BCUT2D eigenvalue weighted by Gasteiger charge is 2.24. The van der Waals surface area contributed by atoms with Gasteiger partial charge in [0.15, 0.2) is 0 Å². The van der Waals surface area contributed by atoms with Gasteiger partial charge in [0.25, 0.3) is 0 Å². The molecule has 0 aromatic heterocycles. The van der Waals surface area contributed by atoms with Gasteiger partial charge in [-0.1, -0.05) is 18.2 Å². The van der Waals surface area contributed by atoms with E-state index >= 15 is 0 Å². The highest BCUT2D eigenvalue weighted by atomic mass is 32.2. The number of carbonyl (C=O) groups is 2. The summed E-state index contributed by atoms with van der Waals surface area (Å²) in [7, 11) is 1.57. The summed E-state index contributed by atoms with van der Waals surface area (Å²) in [6.45, 7) is 2.73. The van der Waals surface area contributed by atoms with E-state index in [2.05, 4.69) is 5.32 Å². The normalized spacial score (nSPS) is 13.8. The van der Waals surface area contributed by atoms with Crippen molar-refractivity contribution < 1.29 is 14.3 Å². The Morgan fingerprint density at radius 3 is 2.77 bits per heavy atom. The summed E-state index contributed by atoms with van der Waals surface area (Å²) in [5, 5.41) is 2.89. The second-order valence-electron chi connectivity index (χ2n) is 6.14. The molecule has 1 aliphatic heterocycles. The van der Waals surface area contributed by atoms with Gasteiger partial charge in [-0.25, -0.2) is 0 Å². The number of rotatable bonds is 6. The van der Waals surface area contributed by atoms with Crippen LogP contribution in [-0.4, -0.2) is 31.2 Å². The molecule has 3 rings (SSSR count). The second-order valence-corrected chi connectivity index (χ2v) is 7.16. The molecule has 1 heterocycles. The minimum atomic E-state index is -0.0784. The Labute approximate surface area is 157 Å². The highest BCUT2D eigenvalue weighted by molar-refractivity contribution is 8.00. The molecule has 2 aromatic rings. The molecule has 1 saturated heterocycles. The topological polar surface area (TPSA) is 58.6 Å². The molecule has 2 aromatic carbocycles. The van der Waals surface area contributed by atoms with Gasteiger partial charge >= 0.3 is 0 Å². The number of nitrogens with zero attached hydrogens (tertiary/aromatic N) is 1. The number of benzene rings is 2. The van der Waals surface area contributed by atoms with Gasteiger partial charge in [-0.05, 0) is 37.1 Å². The number of anilines is 2. The Balaban J connectivity index is 1.65. The van der Waals surface area contributed by atoms with Crippen molar-refractivity contribution in [3.63, 3.8) is 0 Å². The Morgan fingerprint density at radius 2 is 2.08 bits per heavy atom. The van der Waals surface area contributed by atoms with Crippen LogP contribution in [0.25, 0.3) is 0 Å².